The van der Waals surface area contributed by atoms with E-state index in [1.807, 2.05) is 33.7 Å². The van der Waals surface area contributed by atoms with Crippen molar-refractivity contribution in [2.45, 2.75) is 47.1 Å². The second kappa shape index (κ2) is 13.9. The number of rotatable bonds is 14. The number of para-hydroxylation sites is 2. The number of methoxy groups -OCH3 is 3. The molecule has 3 aromatic rings. The van der Waals surface area contributed by atoms with Gasteiger partial charge in [-0.2, -0.15) is 0 Å². The minimum Gasteiger partial charge on any atom is -0.493 e. The highest BCUT2D eigenvalue weighted by Crippen LogP contribution is 2.38. The molecule has 2 aromatic carbocycles. The van der Waals surface area contributed by atoms with E-state index >= 15 is 0 Å². The summed E-state index contributed by atoms with van der Waals surface area (Å²) in [5, 5.41) is 2.96. The van der Waals surface area contributed by atoms with Crippen LogP contribution < -0.4 is 19.5 Å². The van der Waals surface area contributed by atoms with Crippen LogP contribution in [0.1, 0.15) is 50.3 Å². The molecule has 39 heavy (non-hydrogen) atoms. The van der Waals surface area contributed by atoms with Crippen LogP contribution in [-0.4, -0.2) is 67.2 Å². The van der Waals surface area contributed by atoms with Crippen molar-refractivity contribution in [1.29, 1.82) is 0 Å². The third kappa shape index (κ3) is 7.65. The van der Waals surface area contributed by atoms with Gasteiger partial charge in [-0.05, 0) is 42.5 Å². The van der Waals surface area contributed by atoms with E-state index in [0.29, 0.717) is 54.0 Å². The molecule has 0 spiro atoms. The molecule has 0 fully saturated rings. The molecule has 0 saturated carbocycles. The van der Waals surface area contributed by atoms with Gasteiger partial charge in [-0.1, -0.05) is 39.8 Å². The first-order valence-corrected chi connectivity index (χ1v) is 13.5. The number of fused-ring (bicyclic) bond motifs is 1. The van der Waals surface area contributed by atoms with E-state index in [4.69, 9.17) is 19.2 Å². The predicted molar refractivity (Wildman–Crippen MR) is 153 cm³/mol. The van der Waals surface area contributed by atoms with E-state index in [9.17, 15) is 9.59 Å². The van der Waals surface area contributed by atoms with Crippen LogP contribution in [0.25, 0.3) is 11.0 Å². The van der Waals surface area contributed by atoms with E-state index in [-0.39, 0.29) is 18.4 Å². The zero-order chi connectivity index (χ0) is 28.5. The van der Waals surface area contributed by atoms with Gasteiger partial charge in [-0.25, -0.2) is 4.98 Å². The number of benzene rings is 2. The normalized spacial score (nSPS) is 11.2. The van der Waals surface area contributed by atoms with Crippen LogP contribution >= 0.6 is 0 Å². The number of aryl methyl sites for hydroxylation is 1. The standard InChI is InChI=1S/C30H42N4O5/c1-20(2)17-33(18-21(3)4)28(35)19-34-24-12-9-8-11-23(24)32-27(34)13-10-14-31-30(36)22-15-25(37-5)29(39-7)26(16-22)38-6/h8-9,11-12,15-16,20-21H,10,13-14,17-19H2,1-7H3,(H,31,36). The molecular formula is C30H42N4O5. The molecule has 3 rings (SSSR count). The number of carbonyl (C=O) groups excluding carboxylic acids is 2. The number of nitrogens with zero attached hydrogens (tertiary/aromatic N) is 3. The van der Waals surface area contributed by atoms with Gasteiger partial charge in [0.15, 0.2) is 11.5 Å². The zero-order valence-electron chi connectivity index (χ0n) is 24.2. The molecule has 9 nitrogen and oxygen atoms in total. The van der Waals surface area contributed by atoms with Crippen LogP contribution in [0.5, 0.6) is 17.2 Å². The third-order valence-corrected chi connectivity index (χ3v) is 6.34. The number of ether oxygens (including phenoxy) is 3. The number of imidazole rings is 1. The lowest BCUT2D eigenvalue weighted by Crippen LogP contribution is -2.39. The van der Waals surface area contributed by atoms with Crippen LogP contribution in [0.3, 0.4) is 0 Å². The molecular weight excluding hydrogens is 496 g/mol. The van der Waals surface area contributed by atoms with Crippen molar-refractivity contribution in [3.63, 3.8) is 0 Å². The SMILES string of the molecule is COc1cc(C(=O)NCCCc2nc3ccccc3n2CC(=O)N(CC(C)C)CC(C)C)cc(OC)c1OC. The average Bonchev–Trinajstić information content (AvgIpc) is 3.25. The van der Waals surface area contributed by atoms with Crippen molar-refractivity contribution in [1.82, 2.24) is 19.8 Å². The maximum absolute atomic E-state index is 13.4. The topological polar surface area (TPSA) is 94.9 Å². The van der Waals surface area contributed by atoms with Gasteiger partial charge in [-0.15, -0.1) is 0 Å². The van der Waals surface area contributed by atoms with Crippen molar-refractivity contribution in [2.24, 2.45) is 11.8 Å². The maximum Gasteiger partial charge on any atom is 0.251 e. The largest absolute Gasteiger partial charge is 0.493 e. The van der Waals surface area contributed by atoms with Crippen LogP contribution in [0, 0.1) is 11.8 Å². The molecule has 0 radical (unpaired) electrons. The van der Waals surface area contributed by atoms with Crippen LogP contribution in [0.4, 0.5) is 0 Å². The summed E-state index contributed by atoms with van der Waals surface area (Å²) in [7, 11) is 4.55. The lowest BCUT2D eigenvalue weighted by molar-refractivity contribution is -0.132. The van der Waals surface area contributed by atoms with Crippen molar-refractivity contribution in [3.05, 3.63) is 47.8 Å². The summed E-state index contributed by atoms with van der Waals surface area (Å²) in [5.74, 6) is 2.75. The minimum absolute atomic E-state index is 0.0949. The summed E-state index contributed by atoms with van der Waals surface area (Å²) in [6.45, 7) is 10.7. The Balaban J connectivity index is 1.71. The Kier molecular flexibility index (Phi) is 10.6. The van der Waals surface area contributed by atoms with Gasteiger partial charge in [0.2, 0.25) is 11.7 Å². The monoisotopic (exact) mass is 538 g/mol. The fraction of sp³-hybridized carbons (Fsp3) is 0.500. The first-order valence-electron chi connectivity index (χ1n) is 13.5. The van der Waals surface area contributed by atoms with E-state index in [1.54, 1.807) is 12.1 Å². The van der Waals surface area contributed by atoms with Crippen LogP contribution in [-0.2, 0) is 17.8 Å². The summed E-state index contributed by atoms with van der Waals surface area (Å²) >= 11 is 0. The zero-order valence-corrected chi connectivity index (χ0v) is 24.2. The van der Waals surface area contributed by atoms with Gasteiger partial charge < -0.3 is 29.0 Å². The van der Waals surface area contributed by atoms with Crippen molar-refractivity contribution in [3.8, 4) is 17.2 Å². The third-order valence-electron chi connectivity index (χ3n) is 6.34. The van der Waals surface area contributed by atoms with Gasteiger partial charge in [0.25, 0.3) is 5.91 Å². The summed E-state index contributed by atoms with van der Waals surface area (Å²) in [6.07, 6.45) is 1.28. The summed E-state index contributed by atoms with van der Waals surface area (Å²) in [5.41, 5.74) is 2.22. The number of nitrogens with one attached hydrogen (secondary N) is 1. The quantitative estimate of drug-likeness (QED) is 0.302. The molecule has 9 heteroatoms. The average molecular weight is 539 g/mol. The van der Waals surface area contributed by atoms with Crippen molar-refractivity contribution >= 4 is 22.8 Å². The molecule has 0 aliphatic rings. The number of hydrogen-bond donors (Lipinski definition) is 1. The second-order valence-corrected chi connectivity index (χ2v) is 10.5. The maximum atomic E-state index is 13.4. The van der Waals surface area contributed by atoms with Crippen molar-refractivity contribution < 1.29 is 23.8 Å². The van der Waals surface area contributed by atoms with Gasteiger partial charge in [0, 0.05) is 31.6 Å². The number of hydrogen-bond acceptors (Lipinski definition) is 6. The first-order chi connectivity index (χ1) is 18.7. The van der Waals surface area contributed by atoms with Gasteiger partial charge in [-0.3, -0.25) is 9.59 Å². The molecule has 0 unspecified atom stereocenters. The Morgan fingerprint density at radius 1 is 0.949 bits per heavy atom. The molecule has 1 N–H and O–H groups in total. The Morgan fingerprint density at radius 3 is 2.13 bits per heavy atom. The Bertz CT molecular complexity index is 1230. The lowest BCUT2D eigenvalue weighted by Gasteiger charge is -2.27. The fourth-order valence-corrected chi connectivity index (χ4v) is 4.65. The minimum atomic E-state index is -0.240. The van der Waals surface area contributed by atoms with Gasteiger partial charge in [0.05, 0.1) is 32.4 Å². The van der Waals surface area contributed by atoms with E-state index < -0.39 is 0 Å². The smallest absolute Gasteiger partial charge is 0.251 e. The van der Waals surface area contributed by atoms with E-state index in [2.05, 4.69) is 33.0 Å². The van der Waals surface area contributed by atoms with E-state index in [1.165, 1.54) is 21.3 Å². The number of carbonyl (C=O) groups is 2. The Labute approximate surface area is 231 Å². The molecule has 2 amide bonds. The highest BCUT2D eigenvalue weighted by Gasteiger charge is 2.20. The number of aromatic nitrogens is 2. The van der Waals surface area contributed by atoms with Crippen LogP contribution in [0.2, 0.25) is 0 Å². The molecule has 212 valence electrons. The molecule has 0 atom stereocenters. The first kappa shape index (κ1) is 29.8. The molecule has 0 bridgehead atoms. The Hall–Kier alpha value is -3.75. The molecule has 0 aliphatic heterocycles. The summed E-state index contributed by atoms with van der Waals surface area (Å²) in [6, 6.07) is 11.1. The molecule has 1 aromatic heterocycles. The fourth-order valence-electron chi connectivity index (χ4n) is 4.65. The van der Waals surface area contributed by atoms with Crippen molar-refractivity contribution in [2.75, 3.05) is 41.0 Å². The molecule has 0 aliphatic carbocycles. The summed E-state index contributed by atoms with van der Waals surface area (Å²) in [4.78, 5) is 33.0. The second-order valence-electron chi connectivity index (χ2n) is 10.5. The van der Waals surface area contributed by atoms with E-state index in [0.717, 1.165) is 29.9 Å². The van der Waals surface area contributed by atoms with Crippen LogP contribution in [0.15, 0.2) is 36.4 Å². The highest BCUT2D eigenvalue weighted by molar-refractivity contribution is 5.95. The van der Waals surface area contributed by atoms with Gasteiger partial charge in [0.1, 0.15) is 12.4 Å². The predicted octanol–water partition coefficient (Wildman–Crippen LogP) is 4.57. The molecule has 1 heterocycles. The summed E-state index contributed by atoms with van der Waals surface area (Å²) < 4.78 is 18.1. The highest BCUT2D eigenvalue weighted by atomic mass is 16.5. The molecule has 0 saturated heterocycles. The van der Waals surface area contributed by atoms with Gasteiger partial charge >= 0.3 is 0 Å². The Morgan fingerprint density at radius 2 is 1.56 bits per heavy atom. The lowest BCUT2D eigenvalue weighted by atomic mass is 10.1. The number of amides is 2.